The van der Waals surface area contributed by atoms with Crippen LogP contribution in [0.25, 0.3) is 0 Å². The van der Waals surface area contributed by atoms with Crippen LogP contribution >= 0.6 is 58.0 Å². The predicted molar refractivity (Wildman–Crippen MR) is 60.9 cm³/mol. The Bertz CT molecular complexity index is 413. The summed E-state index contributed by atoms with van der Waals surface area (Å²) >= 11 is 27.2. The standard InChI is InChI=1S/C8H2Cl5F3/c9-4-2-1-3(5(10)6(4)11)7(12,13)8(14,15)16/h1-2H. The van der Waals surface area contributed by atoms with E-state index in [1.807, 2.05) is 0 Å². The fourth-order valence-corrected chi connectivity index (χ4v) is 2.01. The molecule has 16 heavy (non-hydrogen) atoms. The van der Waals surface area contributed by atoms with Gasteiger partial charge in [-0.2, -0.15) is 13.2 Å². The lowest BCUT2D eigenvalue weighted by atomic mass is 10.1. The third kappa shape index (κ3) is 2.49. The molecule has 0 heterocycles. The van der Waals surface area contributed by atoms with Crippen molar-refractivity contribution < 1.29 is 13.2 Å². The van der Waals surface area contributed by atoms with Crippen LogP contribution in [0.1, 0.15) is 5.56 Å². The lowest BCUT2D eigenvalue weighted by Gasteiger charge is -2.24. The molecule has 0 bridgehead atoms. The molecule has 1 aromatic rings. The van der Waals surface area contributed by atoms with Gasteiger partial charge < -0.3 is 0 Å². The Balaban J connectivity index is 3.41. The molecule has 1 aromatic carbocycles. The highest BCUT2D eigenvalue weighted by Crippen LogP contribution is 2.51. The number of halogens is 8. The van der Waals surface area contributed by atoms with Crippen LogP contribution < -0.4 is 0 Å². The zero-order valence-corrected chi connectivity index (χ0v) is 11.0. The maximum atomic E-state index is 12.5. The molecule has 0 amide bonds. The minimum atomic E-state index is -4.88. The fraction of sp³-hybridized carbons (Fsp3) is 0.250. The lowest BCUT2D eigenvalue weighted by molar-refractivity contribution is -0.143. The van der Waals surface area contributed by atoms with E-state index in [-0.39, 0.29) is 10.0 Å². The fourth-order valence-electron chi connectivity index (χ4n) is 0.921. The van der Waals surface area contributed by atoms with Gasteiger partial charge in [0.15, 0.2) is 0 Å². The number of benzene rings is 1. The van der Waals surface area contributed by atoms with Crippen molar-refractivity contribution in [2.24, 2.45) is 0 Å². The highest BCUT2D eigenvalue weighted by atomic mass is 35.5. The molecule has 0 aliphatic heterocycles. The molecule has 0 aliphatic carbocycles. The van der Waals surface area contributed by atoms with Gasteiger partial charge in [0.05, 0.1) is 15.1 Å². The SMILES string of the molecule is FC(F)(F)C(Cl)(Cl)c1ccc(Cl)c(Cl)c1Cl. The molecule has 0 saturated carbocycles. The summed E-state index contributed by atoms with van der Waals surface area (Å²) in [7, 11) is 0. The molecule has 1 rings (SSSR count). The van der Waals surface area contributed by atoms with Gasteiger partial charge in [-0.25, -0.2) is 0 Å². The number of rotatable bonds is 1. The lowest BCUT2D eigenvalue weighted by Crippen LogP contribution is -2.31. The van der Waals surface area contributed by atoms with Crippen LogP contribution in [0, 0.1) is 0 Å². The van der Waals surface area contributed by atoms with Crippen LogP contribution in [0.2, 0.25) is 15.1 Å². The summed E-state index contributed by atoms with van der Waals surface area (Å²) in [6.07, 6.45) is -4.88. The zero-order valence-electron chi connectivity index (χ0n) is 7.18. The van der Waals surface area contributed by atoms with Gasteiger partial charge in [-0.15, -0.1) is 0 Å². The van der Waals surface area contributed by atoms with Crippen LogP contribution in [0.4, 0.5) is 13.2 Å². The van der Waals surface area contributed by atoms with E-state index < -0.39 is 21.1 Å². The van der Waals surface area contributed by atoms with E-state index in [0.29, 0.717) is 0 Å². The Morgan fingerprint density at radius 2 is 1.38 bits per heavy atom. The largest absolute Gasteiger partial charge is 0.425 e. The van der Waals surface area contributed by atoms with Gasteiger partial charge in [0.2, 0.25) is 4.33 Å². The molecule has 0 nitrogen and oxygen atoms in total. The number of hydrogen-bond acceptors (Lipinski definition) is 0. The van der Waals surface area contributed by atoms with Gasteiger partial charge in [-0.1, -0.05) is 64.1 Å². The molecule has 0 atom stereocenters. The van der Waals surface area contributed by atoms with E-state index >= 15 is 0 Å². The average molecular weight is 332 g/mol. The summed E-state index contributed by atoms with van der Waals surface area (Å²) in [5.41, 5.74) is -0.556. The Hall–Kier alpha value is 0.460. The molecule has 90 valence electrons. The average Bonchev–Trinajstić information content (AvgIpc) is 2.12. The minimum Gasteiger partial charge on any atom is -0.167 e. The normalized spacial score (nSPS) is 13.0. The summed E-state index contributed by atoms with van der Waals surface area (Å²) in [5, 5.41) is -0.631. The zero-order chi connectivity index (χ0) is 12.7. The second kappa shape index (κ2) is 4.62. The van der Waals surface area contributed by atoms with Crippen molar-refractivity contribution in [1.82, 2.24) is 0 Å². The molecule has 0 saturated heterocycles. The van der Waals surface area contributed by atoms with E-state index in [0.717, 1.165) is 12.1 Å². The summed E-state index contributed by atoms with van der Waals surface area (Å²) in [6.45, 7) is 0. The van der Waals surface area contributed by atoms with E-state index in [4.69, 9.17) is 58.0 Å². The van der Waals surface area contributed by atoms with Gasteiger partial charge in [0.1, 0.15) is 0 Å². The first kappa shape index (κ1) is 14.5. The Kier molecular flexibility index (Phi) is 4.19. The number of alkyl halides is 5. The van der Waals surface area contributed by atoms with Crippen molar-refractivity contribution in [3.8, 4) is 0 Å². The van der Waals surface area contributed by atoms with Crippen LogP contribution in [0.5, 0.6) is 0 Å². The van der Waals surface area contributed by atoms with Gasteiger partial charge >= 0.3 is 6.18 Å². The summed E-state index contributed by atoms with van der Waals surface area (Å²) in [6, 6.07) is 2.11. The first-order valence-corrected chi connectivity index (χ1v) is 5.56. The van der Waals surface area contributed by atoms with Gasteiger partial charge in [-0.3, -0.25) is 0 Å². The Morgan fingerprint density at radius 3 is 1.81 bits per heavy atom. The molecule has 0 aliphatic rings. The molecule has 0 spiro atoms. The van der Waals surface area contributed by atoms with Crippen molar-refractivity contribution in [2.45, 2.75) is 10.5 Å². The van der Waals surface area contributed by atoms with Crippen LogP contribution in [-0.2, 0) is 4.33 Å². The maximum absolute atomic E-state index is 12.5. The van der Waals surface area contributed by atoms with E-state index in [2.05, 4.69) is 0 Å². The van der Waals surface area contributed by atoms with Crippen LogP contribution in [-0.4, -0.2) is 6.18 Å². The molecule has 0 radical (unpaired) electrons. The third-order valence-corrected chi connectivity index (χ3v) is 3.86. The summed E-state index contributed by atoms with van der Waals surface area (Å²) in [5.74, 6) is 0. The maximum Gasteiger partial charge on any atom is 0.425 e. The smallest absolute Gasteiger partial charge is 0.167 e. The van der Waals surface area contributed by atoms with Gasteiger partial charge in [0, 0.05) is 5.56 Å². The van der Waals surface area contributed by atoms with Crippen molar-refractivity contribution in [3.63, 3.8) is 0 Å². The molecule has 0 fully saturated rings. The van der Waals surface area contributed by atoms with E-state index in [1.165, 1.54) is 0 Å². The van der Waals surface area contributed by atoms with Crippen molar-refractivity contribution in [3.05, 3.63) is 32.8 Å². The minimum absolute atomic E-state index is 0.0155. The van der Waals surface area contributed by atoms with Crippen LogP contribution in [0.15, 0.2) is 12.1 Å². The van der Waals surface area contributed by atoms with Gasteiger partial charge in [-0.05, 0) is 6.07 Å². The van der Waals surface area contributed by atoms with Crippen molar-refractivity contribution in [1.29, 1.82) is 0 Å². The second-order valence-corrected chi connectivity index (χ2v) is 5.29. The number of hydrogen-bond donors (Lipinski definition) is 0. The molecule has 0 aromatic heterocycles. The topological polar surface area (TPSA) is 0 Å². The Morgan fingerprint density at radius 1 is 0.875 bits per heavy atom. The molecular weight excluding hydrogens is 330 g/mol. The highest BCUT2D eigenvalue weighted by molar-refractivity contribution is 6.52. The van der Waals surface area contributed by atoms with Crippen molar-refractivity contribution >= 4 is 58.0 Å². The van der Waals surface area contributed by atoms with E-state index in [1.54, 1.807) is 0 Å². The summed E-state index contributed by atoms with van der Waals surface area (Å²) in [4.78, 5) is 0. The first-order valence-electron chi connectivity index (χ1n) is 3.67. The summed E-state index contributed by atoms with van der Waals surface area (Å²) < 4.78 is 34.5. The molecular formula is C8H2Cl5F3. The van der Waals surface area contributed by atoms with Crippen LogP contribution in [0.3, 0.4) is 0 Å². The van der Waals surface area contributed by atoms with E-state index in [9.17, 15) is 13.2 Å². The monoisotopic (exact) mass is 330 g/mol. The third-order valence-electron chi connectivity index (χ3n) is 1.73. The molecule has 0 N–H and O–H groups in total. The van der Waals surface area contributed by atoms with Gasteiger partial charge in [0.25, 0.3) is 0 Å². The first-order chi connectivity index (χ1) is 7.09. The molecule has 0 unspecified atom stereocenters. The molecule has 8 heteroatoms. The van der Waals surface area contributed by atoms with Crippen molar-refractivity contribution in [2.75, 3.05) is 0 Å². The Labute approximate surface area is 114 Å². The highest BCUT2D eigenvalue weighted by Gasteiger charge is 2.55. The quantitative estimate of drug-likeness (QED) is 0.448. The second-order valence-electron chi connectivity index (χ2n) is 2.80. The predicted octanol–water partition coefficient (Wildman–Crippen LogP) is 5.84.